The number of nitrogens with zero attached hydrogens (tertiary/aromatic N) is 3. The third-order valence-corrected chi connectivity index (χ3v) is 3.55. The SMILES string of the molecule is CCN1CCN(c2cccc(CC(C)C)n2)CC1. The third-order valence-electron chi connectivity index (χ3n) is 3.55. The highest BCUT2D eigenvalue weighted by molar-refractivity contribution is 5.39. The van der Waals surface area contributed by atoms with E-state index in [0.29, 0.717) is 5.92 Å². The highest BCUT2D eigenvalue weighted by atomic mass is 15.3. The number of likely N-dealkylation sites (N-methyl/N-ethyl adjacent to an activating group) is 1. The zero-order valence-corrected chi connectivity index (χ0v) is 11.9. The van der Waals surface area contributed by atoms with Gasteiger partial charge >= 0.3 is 0 Å². The fraction of sp³-hybridized carbons (Fsp3) is 0.667. The number of hydrogen-bond donors (Lipinski definition) is 0. The fourth-order valence-electron chi connectivity index (χ4n) is 2.47. The zero-order chi connectivity index (χ0) is 13.0. The van der Waals surface area contributed by atoms with Crippen LogP contribution in [0.2, 0.25) is 0 Å². The second kappa shape index (κ2) is 6.19. The first kappa shape index (κ1) is 13.3. The van der Waals surface area contributed by atoms with Crippen LogP contribution in [-0.2, 0) is 6.42 Å². The van der Waals surface area contributed by atoms with Crippen molar-refractivity contribution in [3.63, 3.8) is 0 Å². The molecule has 1 aliphatic rings. The van der Waals surface area contributed by atoms with Gasteiger partial charge in [-0.15, -0.1) is 0 Å². The largest absolute Gasteiger partial charge is 0.354 e. The van der Waals surface area contributed by atoms with Crippen molar-refractivity contribution < 1.29 is 0 Å². The molecular formula is C15H25N3. The maximum atomic E-state index is 4.79. The van der Waals surface area contributed by atoms with Crippen LogP contribution in [0, 0.1) is 5.92 Å². The summed E-state index contributed by atoms with van der Waals surface area (Å²) < 4.78 is 0. The Morgan fingerprint density at radius 1 is 1.17 bits per heavy atom. The molecule has 3 nitrogen and oxygen atoms in total. The fourth-order valence-corrected chi connectivity index (χ4v) is 2.47. The van der Waals surface area contributed by atoms with Crippen molar-refractivity contribution in [3.8, 4) is 0 Å². The van der Waals surface area contributed by atoms with E-state index in [2.05, 4.69) is 48.8 Å². The Morgan fingerprint density at radius 2 is 1.89 bits per heavy atom. The van der Waals surface area contributed by atoms with Gasteiger partial charge in [-0.1, -0.05) is 26.8 Å². The molecule has 0 N–H and O–H groups in total. The van der Waals surface area contributed by atoms with E-state index in [1.165, 1.54) is 5.69 Å². The van der Waals surface area contributed by atoms with Gasteiger partial charge in [0.15, 0.2) is 0 Å². The second-order valence-corrected chi connectivity index (χ2v) is 5.51. The lowest BCUT2D eigenvalue weighted by Gasteiger charge is -2.34. The summed E-state index contributed by atoms with van der Waals surface area (Å²) in [5.74, 6) is 1.83. The summed E-state index contributed by atoms with van der Waals surface area (Å²) in [7, 11) is 0. The van der Waals surface area contributed by atoms with Gasteiger partial charge in [0, 0.05) is 31.9 Å². The molecule has 1 fully saturated rings. The minimum absolute atomic E-state index is 0.671. The molecular weight excluding hydrogens is 222 g/mol. The van der Waals surface area contributed by atoms with Crippen LogP contribution in [-0.4, -0.2) is 42.6 Å². The van der Waals surface area contributed by atoms with Gasteiger partial charge in [0.05, 0.1) is 0 Å². The average molecular weight is 247 g/mol. The summed E-state index contributed by atoms with van der Waals surface area (Å²) in [6.45, 7) is 12.4. The lowest BCUT2D eigenvalue weighted by Crippen LogP contribution is -2.46. The van der Waals surface area contributed by atoms with Crippen LogP contribution in [0.1, 0.15) is 26.5 Å². The van der Waals surface area contributed by atoms with Gasteiger partial charge in [-0.2, -0.15) is 0 Å². The first-order valence-electron chi connectivity index (χ1n) is 7.12. The summed E-state index contributed by atoms with van der Waals surface area (Å²) >= 11 is 0. The predicted octanol–water partition coefficient (Wildman–Crippen LogP) is 2.42. The minimum Gasteiger partial charge on any atom is -0.354 e. The van der Waals surface area contributed by atoms with Gasteiger partial charge in [-0.05, 0) is 31.0 Å². The molecule has 0 atom stereocenters. The van der Waals surface area contributed by atoms with Crippen LogP contribution in [0.3, 0.4) is 0 Å². The molecule has 1 aromatic heterocycles. The molecule has 1 saturated heterocycles. The quantitative estimate of drug-likeness (QED) is 0.814. The maximum absolute atomic E-state index is 4.79. The molecule has 100 valence electrons. The number of hydrogen-bond acceptors (Lipinski definition) is 3. The lowest BCUT2D eigenvalue weighted by atomic mass is 10.1. The smallest absolute Gasteiger partial charge is 0.128 e. The summed E-state index contributed by atoms with van der Waals surface area (Å²) in [5, 5.41) is 0. The van der Waals surface area contributed by atoms with Crippen LogP contribution < -0.4 is 4.90 Å². The van der Waals surface area contributed by atoms with E-state index >= 15 is 0 Å². The maximum Gasteiger partial charge on any atom is 0.128 e. The molecule has 0 bridgehead atoms. The van der Waals surface area contributed by atoms with E-state index in [-0.39, 0.29) is 0 Å². The molecule has 0 aromatic carbocycles. The first-order valence-corrected chi connectivity index (χ1v) is 7.12. The number of rotatable bonds is 4. The molecule has 2 heterocycles. The molecule has 0 unspecified atom stereocenters. The Kier molecular flexibility index (Phi) is 4.59. The van der Waals surface area contributed by atoms with Crippen molar-refractivity contribution in [3.05, 3.63) is 23.9 Å². The Labute approximate surface area is 111 Å². The van der Waals surface area contributed by atoms with Crippen molar-refractivity contribution in [1.82, 2.24) is 9.88 Å². The third kappa shape index (κ3) is 3.45. The summed E-state index contributed by atoms with van der Waals surface area (Å²) in [6.07, 6.45) is 1.07. The van der Waals surface area contributed by atoms with Crippen molar-refractivity contribution >= 4 is 5.82 Å². The second-order valence-electron chi connectivity index (χ2n) is 5.51. The highest BCUT2D eigenvalue weighted by Crippen LogP contribution is 2.15. The van der Waals surface area contributed by atoms with Gasteiger partial charge in [0.25, 0.3) is 0 Å². The molecule has 0 spiro atoms. The van der Waals surface area contributed by atoms with E-state index in [0.717, 1.165) is 45.0 Å². The number of aromatic nitrogens is 1. The van der Waals surface area contributed by atoms with Crippen LogP contribution in [0.4, 0.5) is 5.82 Å². The van der Waals surface area contributed by atoms with E-state index in [1.54, 1.807) is 0 Å². The number of piperazine rings is 1. The summed E-state index contributed by atoms with van der Waals surface area (Å²) in [5.41, 5.74) is 1.22. The normalized spacial score (nSPS) is 17.4. The molecule has 18 heavy (non-hydrogen) atoms. The van der Waals surface area contributed by atoms with E-state index in [4.69, 9.17) is 4.98 Å². The van der Waals surface area contributed by atoms with Crippen molar-refractivity contribution in [2.45, 2.75) is 27.2 Å². The summed E-state index contributed by atoms with van der Waals surface area (Å²) in [6, 6.07) is 6.43. The topological polar surface area (TPSA) is 19.4 Å². The van der Waals surface area contributed by atoms with Crippen molar-refractivity contribution in [2.24, 2.45) is 5.92 Å². The predicted molar refractivity (Wildman–Crippen MR) is 77.1 cm³/mol. The van der Waals surface area contributed by atoms with Gasteiger partial charge in [0.1, 0.15) is 5.82 Å². The zero-order valence-electron chi connectivity index (χ0n) is 11.9. The highest BCUT2D eigenvalue weighted by Gasteiger charge is 2.16. The molecule has 2 rings (SSSR count). The molecule has 0 amide bonds. The molecule has 0 radical (unpaired) electrons. The van der Waals surface area contributed by atoms with Crippen LogP contribution in [0.15, 0.2) is 18.2 Å². The van der Waals surface area contributed by atoms with Crippen molar-refractivity contribution in [1.29, 1.82) is 0 Å². The molecule has 1 aromatic rings. The van der Waals surface area contributed by atoms with E-state index in [1.807, 2.05) is 0 Å². The lowest BCUT2D eigenvalue weighted by molar-refractivity contribution is 0.270. The molecule has 3 heteroatoms. The van der Waals surface area contributed by atoms with Gasteiger partial charge in [0.2, 0.25) is 0 Å². The van der Waals surface area contributed by atoms with E-state index in [9.17, 15) is 0 Å². The van der Waals surface area contributed by atoms with Crippen molar-refractivity contribution in [2.75, 3.05) is 37.6 Å². The standard InChI is InChI=1S/C15H25N3/c1-4-17-8-10-18(11-9-17)15-7-5-6-14(16-15)12-13(2)3/h5-7,13H,4,8-12H2,1-3H3. The Bertz CT molecular complexity index is 368. The van der Waals surface area contributed by atoms with Crippen LogP contribution in [0.5, 0.6) is 0 Å². The number of pyridine rings is 1. The Balaban J connectivity index is 2.00. The Hall–Kier alpha value is -1.09. The number of anilines is 1. The van der Waals surface area contributed by atoms with Crippen LogP contribution >= 0.6 is 0 Å². The monoisotopic (exact) mass is 247 g/mol. The van der Waals surface area contributed by atoms with Gasteiger partial charge in [-0.25, -0.2) is 4.98 Å². The average Bonchev–Trinajstić information content (AvgIpc) is 2.38. The first-order chi connectivity index (χ1) is 8.69. The van der Waals surface area contributed by atoms with Crippen LogP contribution in [0.25, 0.3) is 0 Å². The molecule has 0 aliphatic carbocycles. The van der Waals surface area contributed by atoms with Gasteiger partial charge < -0.3 is 9.80 Å². The van der Waals surface area contributed by atoms with E-state index < -0.39 is 0 Å². The summed E-state index contributed by atoms with van der Waals surface area (Å²) in [4.78, 5) is 9.70. The Morgan fingerprint density at radius 3 is 2.50 bits per heavy atom. The van der Waals surface area contributed by atoms with Gasteiger partial charge in [-0.3, -0.25) is 0 Å². The molecule has 0 saturated carbocycles. The minimum atomic E-state index is 0.671. The molecule has 1 aliphatic heterocycles.